The van der Waals surface area contributed by atoms with E-state index in [1.165, 1.54) is 18.2 Å². The van der Waals surface area contributed by atoms with Gasteiger partial charge in [-0.25, -0.2) is 22.4 Å². The molecule has 2 N–H and O–H groups in total. The van der Waals surface area contributed by atoms with Crippen molar-refractivity contribution in [3.05, 3.63) is 65.2 Å². The van der Waals surface area contributed by atoms with Crippen LogP contribution in [-0.2, 0) is 6.54 Å². The van der Waals surface area contributed by atoms with Crippen LogP contribution in [-0.4, -0.2) is 6.03 Å². The summed E-state index contributed by atoms with van der Waals surface area (Å²) in [6.45, 7) is -0.135. The number of urea groups is 1. The highest BCUT2D eigenvalue weighted by atomic mass is 19.2. The van der Waals surface area contributed by atoms with Gasteiger partial charge >= 0.3 is 6.03 Å². The molecule has 21 heavy (non-hydrogen) atoms. The SMILES string of the molecule is O=C(NCc1ccccc1F)Nc1ccc(F)c(F)c1F. The summed E-state index contributed by atoms with van der Waals surface area (Å²) in [5, 5.41) is 4.29. The van der Waals surface area contributed by atoms with E-state index in [-0.39, 0.29) is 12.1 Å². The van der Waals surface area contributed by atoms with Crippen LogP contribution < -0.4 is 10.6 Å². The summed E-state index contributed by atoms with van der Waals surface area (Å²) in [4.78, 5) is 11.5. The van der Waals surface area contributed by atoms with Gasteiger partial charge in [-0.3, -0.25) is 0 Å². The maximum Gasteiger partial charge on any atom is 0.319 e. The number of benzene rings is 2. The topological polar surface area (TPSA) is 41.1 Å². The molecule has 3 nitrogen and oxygen atoms in total. The van der Waals surface area contributed by atoms with Gasteiger partial charge in [0, 0.05) is 12.1 Å². The second-order valence-corrected chi connectivity index (χ2v) is 4.12. The van der Waals surface area contributed by atoms with Gasteiger partial charge in [-0.05, 0) is 18.2 Å². The van der Waals surface area contributed by atoms with Gasteiger partial charge < -0.3 is 10.6 Å². The molecule has 110 valence electrons. The Morgan fingerprint density at radius 3 is 2.33 bits per heavy atom. The molecule has 0 fully saturated rings. The van der Waals surface area contributed by atoms with Crippen molar-refractivity contribution in [3.63, 3.8) is 0 Å². The van der Waals surface area contributed by atoms with E-state index in [0.717, 1.165) is 6.07 Å². The Balaban J connectivity index is 2.00. The minimum atomic E-state index is -1.68. The van der Waals surface area contributed by atoms with Gasteiger partial charge in [-0.2, -0.15) is 0 Å². The van der Waals surface area contributed by atoms with Crippen LogP contribution in [0, 0.1) is 23.3 Å². The molecule has 0 unspecified atom stereocenters. The maximum atomic E-state index is 13.3. The molecule has 7 heteroatoms. The van der Waals surface area contributed by atoms with Crippen molar-refractivity contribution in [2.75, 3.05) is 5.32 Å². The normalized spacial score (nSPS) is 10.3. The van der Waals surface area contributed by atoms with Crippen LogP contribution in [0.5, 0.6) is 0 Å². The third kappa shape index (κ3) is 3.50. The Labute approximate surface area is 117 Å². The van der Waals surface area contributed by atoms with E-state index >= 15 is 0 Å². The number of hydrogen-bond donors (Lipinski definition) is 2. The average Bonchev–Trinajstić information content (AvgIpc) is 2.47. The Morgan fingerprint density at radius 1 is 0.905 bits per heavy atom. The first-order chi connectivity index (χ1) is 9.99. The third-order valence-electron chi connectivity index (χ3n) is 2.68. The summed E-state index contributed by atoms with van der Waals surface area (Å²) < 4.78 is 52.3. The van der Waals surface area contributed by atoms with E-state index in [1.54, 1.807) is 6.07 Å². The smallest absolute Gasteiger partial charge is 0.319 e. The lowest BCUT2D eigenvalue weighted by molar-refractivity contribution is 0.251. The van der Waals surface area contributed by atoms with E-state index in [9.17, 15) is 22.4 Å². The fourth-order valence-electron chi connectivity index (χ4n) is 1.61. The second-order valence-electron chi connectivity index (χ2n) is 4.12. The molecule has 0 aliphatic carbocycles. The second kappa shape index (κ2) is 6.25. The summed E-state index contributed by atoms with van der Waals surface area (Å²) in [5.41, 5.74) is -0.279. The Hall–Kier alpha value is -2.57. The number of anilines is 1. The van der Waals surface area contributed by atoms with Gasteiger partial charge in [-0.1, -0.05) is 18.2 Å². The van der Waals surface area contributed by atoms with Crippen molar-refractivity contribution in [1.82, 2.24) is 5.32 Å². The minimum Gasteiger partial charge on any atom is -0.334 e. The van der Waals surface area contributed by atoms with Crippen molar-refractivity contribution < 1.29 is 22.4 Å². The van der Waals surface area contributed by atoms with E-state index in [4.69, 9.17) is 0 Å². The van der Waals surface area contributed by atoms with Crippen molar-refractivity contribution in [1.29, 1.82) is 0 Å². The van der Waals surface area contributed by atoms with Crippen LogP contribution in [0.1, 0.15) is 5.56 Å². The summed E-state index contributed by atoms with van der Waals surface area (Å²) in [7, 11) is 0. The van der Waals surface area contributed by atoms with Crippen molar-refractivity contribution in [2.45, 2.75) is 6.54 Å². The zero-order valence-electron chi connectivity index (χ0n) is 10.6. The minimum absolute atomic E-state index is 0.135. The number of nitrogens with one attached hydrogen (secondary N) is 2. The van der Waals surface area contributed by atoms with E-state index in [1.807, 2.05) is 5.32 Å². The first-order valence-corrected chi connectivity index (χ1v) is 5.91. The molecule has 0 heterocycles. The number of rotatable bonds is 3. The average molecular weight is 298 g/mol. The molecule has 0 saturated heterocycles. The van der Waals surface area contributed by atoms with Crippen LogP contribution in [0.2, 0.25) is 0 Å². The highest BCUT2D eigenvalue weighted by Crippen LogP contribution is 2.19. The lowest BCUT2D eigenvalue weighted by Gasteiger charge is -2.09. The largest absolute Gasteiger partial charge is 0.334 e. The highest BCUT2D eigenvalue weighted by Gasteiger charge is 2.15. The Kier molecular flexibility index (Phi) is 4.42. The van der Waals surface area contributed by atoms with Crippen LogP contribution in [0.25, 0.3) is 0 Å². The fourth-order valence-corrected chi connectivity index (χ4v) is 1.61. The van der Waals surface area contributed by atoms with Crippen molar-refractivity contribution in [3.8, 4) is 0 Å². The van der Waals surface area contributed by atoms with Crippen molar-refractivity contribution in [2.24, 2.45) is 0 Å². The van der Waals surface area contributed by atoms with Gasteiger partial charge in [-0.15, -0.1) is 0 Å². The Bertz CT molecular complexity index is 676. The van der Waals surface area contributed by atoms with Crippen molar-refractivity contribution >= 4 is 11.7 Å². The maximum absolute atomic E-state index is 13.3. The van der Waals surface area contributed by atoms with E-state index in [0.29, 0.717) is 6.07 Å². The van der Waals surface area contributed by atoms with Crippen LogP contribution in [0.15, 0.2) is 36.4 Å². The van der Waals surface area contributed by atoms with Gasteiger partial charge in [0.25, 0.3) is 0 Å². The molecule has 2 amide bonds. The molecule has 2 rings (SSSR count). The molecule has 0 spiro atoms. The highest BCUT2D eigenvalue weighted by molar-refractivity contribution is 5.89. The molecule has 0 saturated carbocycles. The van der Waals surface area contributed by atoms with E-state index < -0.39 is 35.0 Å². The quantitative estimate of drug-likeness (QED) is 0.660. The predicted octanol–water partition coefficient (Wildman–Crippen LogP) is 3.56. The molecule has 0 aliphatic rings. The lowest BCUT2D eigenvalue weighted by atomic mass is 10.2. The molecule has 0 atom stereocenters. The molecular formula is C14H10F4N2O. The zero-order valence-corrected chi connectivity index (χ0v) is 10.6. The van der Waals surface area contributed by atoms with Gasteiger partial charge in [0.05, 0.1) is 5.69 Å². The number of halogens is 4. The summed E-state index contributed by atoms with van der Waals surface area (Å²) in [5.74, 6) is -5.04. The number of hydrogen-bond acceptors (Lipinski definition) is 1. The Morgan fingerprint density at radius 2 is 1.62 bits per heavy atom. The lowest BCUT2D eigenvalue weighted by Crippen LogP contribution is -2.29. The summed E-state index contributed by atoms with van der Waals surface area (Å²) >= 11 is 0. The molecule has 0 aliphatic heterocycles. The van der Waals surface area contributed by atoms with E-state index in [2.05, 4.69) is 5.32 Å². The van der Waals surface area contributed by atoms with Crippen LogP contribution in [0.4, 0.5) is 28.0 Å². The molecular weight excluding hydrogens is 288 g/mol. The fraction of sp³-hybridized carbons (Fsp3) is 0.0714. The van der Waals surface area contributed by atoms with Gasteiger partial charge in [0.15, 0.2) is 17.5 Å². The molecule has 2 aromatic carbocycles. The predicted molar refractivity (Wildman–Crippen MR) is 68.6 cm³/mol. The van der Waals surface area contributed by atoms with Gasteiger partial charge in [0.1, 0.15) is 5.82 Å². The number of carbonyl (C=O) groups excluding carboxylic acids is 1. The number of amides is 2. The number of carbonyl (C=O) groups is 1. The first kappa shape index (κ1) is 14.8. The summed E-state index contributed by atoms with van der Waals surface area (Å²) in [6.07, 6.45) is 0. The van der Waals surface area contributed by atoms with Crippen LogP contribution >= 0.6 is 0 Å². The molecule has 0 aromatic heterocycles. The monoisotopic (exact) mass is 298 g/mol. The first-order valence-electron chi connectivity index (χ1n) is 5.91. The summed E-state index contributed by atoms with van der Waals surface area (Å²) in [6, 6.07) is 6.48. The standard InChI is InChI=1S/C14H10F4N2O/c15-9-4-2-1-3-8(9)7-19-14(21)20-11-6-5-10(16)12(17)13(11)18/h1-6H,7H2,(H2,19,20,21). The molecule has 0 bridgehead atoms. The van der Waals surface area contributed by atoms with Crippen LogP contribution in [0.3, 0.4) is 0 Å². The van der Waals surface area contributed by atoms with Gasteiger partial charge in [0.2, 0.25) is 0 Å². The molecule has 2 aromatic rings. The third-order valence-corrected chi connectivity index (χ3v) is 2.68. The zero-order chi connectivity index (χ0) is 15.4. The molecule has 0 radical (unpaired) electrons.